The summed E-state index contributed by atoms with van der Waals surface area (Å²) in [6.07, 6.45) is 4.52. The van der Waals surface area contributed by atoms with Gasteiger partial charge in [-0.2, -0.15) is 0 Å². The predicted octanol–water partition coefficient (Wildman–Crippen LogP) is 3.25. The highest BCUT2D eigenvalue weighted by molar-refractivity contribution is 7.98. The first-order valence-corrected chi connectivity index (χ1v) is 7.48. The number of hydrogen-bond donors (Lipinski definition) is 2. The molecule has 1 aliphatic rings. The first-order chi connectivity index (χ1) is 8.11. The van der Waals surface area contributed by atoms with Gasteiger partial charge in [-0.05, 0) is 37.1 Å². The fourth-order valence-electron chi connectivity index (χ4n) is 2.32. The van der Waals surface area contributed by atoms with Crippen LogP contribution in [0.4, 0.5) is 5.69 Å². The molecule has 1 aromatic carbocycles. The Balaban J connectivity index is 2.23. The summed E-state index contributed by atoms with van der Waals surface area (Å²) >= 11 is 6.84. The number of nitrogens with one attached hydrogen (secondary N) is 1. The third-order valence-corrected chi connectivity index (χ3v) is 4.21. The smallest absolute Gasteiger partial charge is 0.107 e. The topological polar surface area (TPSA) is 38.0 Å². The van der Waals surface area contributed by atoms with Crippen molar-refractivity contribution in [1.29, 1.82) is 0 Å². The molecule has 0 aromatic heterocycles. The predicted molar refractivity (Wildman–Crippen MR) is 79.9 cm³/mol. The number of thioether (sulfide) groups is 1. The molecule has 0 amide bonds. The molecule has 0 bridgehead atoms. The maximum atomic E-state index is 5.83. The largest absolute Gasteiger partial charge is 0.389 e. The van der Waals surface area contributed by atoms with Crippen molar-refractivity contribution < 1.29 is 0 Å². The van der Waals surface area contributed by atoms with Crippen molar-refractivity contribution in [3.63, 3.8) is 0 Å². The van der Waals surface area contributed by atoms with E-state index in [1.807, 2.05) is 6.26 Å². The Morgan fingerprint density at radius 3 is 2.71 bits per heavy atom. The monoisotopic (exact) mass is 266 g/mol. The molecule has 0 unspecified atom stereocenters. The Morgan fingerprint density at radius 2 is 2.18 bits per heavy atom. The third kappa shape index (κ3) is 2.75. The van der Waals surface area contributed by atoms with Gasteiger partial charge in [0.2, 0.25) is 0 Å². The highest BCUT2D eigenvalue weighted by Gasteiger charge is 2.26. The van der Waals surface area contributed by atoms with E-state index in [0.717, 1.165) is 22.1 Å². The Morgan fingerprint density at radius 1 is 1.47 bits per heavy atom. The number of benzene rings is 1. The van der Waals surface area contributed by atoms with Gasteiger partial charge in [0, 0.05) is 22.2 Å². The molecule has 0 atom stereocenters. The van der Waals surface area contributed by atoms with Crippen molar-refractivity contribution >= 4 is 34.7 Å². The van der Waals surface area contributed by atoms with Gasteiger partial charge in [-0.3, -0.25) is 0 Å². The van der Waals surface area contributed by atoms with E-state index in [1.165, 1.54) is 12.8 Å². The van der Waals surface area contributed by atoms with Crippen LogP contribution in [0.2, 0.25) is 0 Å². The summed E-state index contributed by atoms with van der Waals surface area (Å²) < 4.78 is 0. The number of hydrogen-bond acceptors (Lipinski definition) is 3. The molecular formula is C13H18N2S2. The lowest BCUT2D eigenvalue weighted by Crippen LogP contribution is -2.34. The van der Waals surface area contributed by atoms with Crippen molar-refractivity contribution in [2.75, 3.05) is 11.6 Å². The second-order valence-electron chi connectivity index (χ2n) is 4.66. The van der Waals surface area contributed by atoms with E-state index in [2.05, 4.69) is 30.4 Å². The van der Waals surface area contributed by atoms with Gasteiger partial charge in [-0.25, -0.2) is 0 Å². The first-order valence-electron chi connectivity index (χ1n) is 5.85. The van der Waals surface area contributed by atoms with Crippen LogP contribution < -0.4 is 11.1 Å². The standard InChI is InChI=1S/C13H18N2S2/c1-8-6-9(7-8)15-10-4-3-5-11(17-2)12(10)13(14)16/h3-5,8-9,15H,6-7H2,1-2H3,(H2,14,16). The third-order valence-electron chi connectivity index (χ3n) is 3.23. The molecular weight excluding hydrogens is 248 g/mol. The summed E-state index contributed by atoms with van der Waals surface area (Å²) in [6.45, 7) is 2.28. The van der Waals surface area contributed by atoms with Crippen LogP contribution in [0, 0.1) is 5.92 Å². The highest BCUT2D eigenvalue weighted by Crippen LogP contribution is 2.33. The fourth-order valence-corrected chi connectivity index (χ4v) is 3.24. The molecule has 0 heterocycles. The fraction of sp³-hybridized carbons (Fsp3) is 0.462. The van der Waals surface area contributed by atoms with Gasteiger partial charge in [-0.1, -0.05) is 25.2 Å². The Hall–Kier alpha value is -0.740. The normalized spacial score (nSPS) is 22.9. The summed E-state index contributed by atoms with van der Waals surface area (Å²) in [6, 6.07) is 6.76. The van der Waals surface area contributed by atoms with Gasteiger partial charge in [0.25, 0.3) is 0 Å². The average molecular weight is 266 g/mol. The van der Waals surface area contributed by atoms with Crippen molar-refractivity contribution in [3.8, 4) is 0 Å². The summed E-state index contributed by atoms with van der Waals surface area (Å²) in [4.78, 5) is 1.62. The van der Waals surface area contributed by atoms with Crippen LogP contribution in [0.15, 0.2) is 23.1 Å². The van der Waals surface area contributed by atoms with E-state index in [0.29, 0.717) is 11.0 Å². The average Bonchev–Trinajstić information content (AvgIpc) is 2.26. The molecule has 4 heteroatoms. The van der Waals surface area contributed by atoms with Crippen molar-refractivity contribution in [2.45, 2.75) is 30.7 Å². The number of nitrogens with two attached hydrogens (primary N) is 1. The van der Waals surface area contributed by atoms with Crippen LogP contribution in [-0.4, -0.2) is 17.3 Å². The van der Waals surface area contributed by atoms with E-state index in [4.69, 9.17) is 18.0 Å². The summed E-state index contributed by atoms with van der Waals surface area (Å²) in [5.41, 5.74) is 7.91. The van der Waals surface area contributed by atoms with Crippen LogP contribution in [-0.2, 0) is 0 Å². The molecule has 2 rings (SSSR count). The van der Waals surface area contributed by atoms with E-state index in [-0.39, 0.29) is 0 Å². The molecule has 17 heavy (non-hydrogen) atoms. The molecule has 1 aliphatic carbocycles. The SMILES string of the molecule is CSc1cccc(NC2CC(C)C2)c1C(N)=S. The molecule has 2 nitrogen and oxygen atoms in total. The highest BCUT2D eigenvalue weighted by atomic mass is 32.2. The number of thiocarbonyl (C=S) groups is 1. The second-order valence-corrected chi connectivity index (χ2v) is 5.95. The van der Waals surface area contributed by atoms with Gasteiger partial charge in [0.15, 0.2) is 0 Å². The maximum absolute atomic E-state index is 5.83. The van der Waals surface area contributed by atoms with E-state index >= 15 is 0 Å². The molecule has 0 spiro atoms. The zero-order valence-electron chi connectivity index (χ0n) is 10.2. The van der Waals surface area contributed by atoms with Crippen LogP contribution in [0.5, 0.6) is 0 Å². The number of anilines is 1. The molecule has 0 radical (unpaired) electrons. The van der Waals surface area contributed by atoms with E-state index in [1.54, 1.807) is 11.8 Å². The van der Waals surface area contributed by atoms with Crippen molar-refractivity contribution in [3.05, 3.63) is 23.8 Å². The molecule has 1 saturated carbocycles. The zero-order chi connectivity index (χ0) is 12.4. The lowest BCUT2D eigenvalue weighted by atomic mass is 9.81. The minimum atomic E-state index is 0.477. The van der Waals surface area contributed by atoms with Gasteiger partial charge >= 0.3 is 0 Å². The van der Waals surface area contributed by atoms with Crippen LogP contribution in [0.1, 0.15) is 25.3 Å². The van der Waals surface area contributed by atoms with Crippen LogP contribution in [0.25, 0.3) is 0 Å². The molecule has 0 saturated heterocycles. The van der Waals surface area contributed by atoms with Crippen molar-refractivity contribution in [2.24, 2.45) is 11.7 Å². The molecule has 1 fully saturated rings. The second kappa shape index (κ2) is 5.27. The minimum Gasteiger partial charge on any atom is -0.389 e. The van der Waals surface area contributed by atoms with Gasteiger partial charge in [0.05, 0.1) is 0 Å². The summed E-state index contributed by atoms with van der Waals surface area (Å²) in [7, 11) is 0. The first kappa shape index (κ1) is 12.7. The Labute approximate surface area is 112 Å². The van der Waals surface area contributed by atoms with Crippen LogP contribution in [0.3, 0.4) is 0 Å². The summed E-state index contributed by atoms with van der Waals surface area (Å²) in [5.74, 6) is 0.838. The summed E-state index contributed by atoms with van der Waals surface area (Å²) in [5, 5.41) is 3.55. The van der Waals surface area contributed by atoms with Crippen molar-refractivity contribution in [1.82, 2.24) is 0 Å². The molecule has 1 aromatic rings. The lowest BCUT2D eigenvalue weighted by Gasteiger charge is -2.34. The molecule has 0 aliphatic heterocycles. The quantitative estimate of drug-likeness (QED) is 0.648. The Kier molecular flexibility index (Phi) is 3.94. The number of rotatable bonds is 4. The minimum absolute atomic E-state index is 0.477. The Bertz CT molecular complexity index is 425. The maximum Gasteiger partial charge on any atom is 0.107 e. The molecule has 3 N–H and O–H groups in total. The van der Waals surface area contributed by atoms with Gasteiger partial charge in [-0.15, -0.1) is 11.8 Å². The van der Waals surface area contributed by atoms with Gasteiger partial charge in [0.1, 0.15) is 4.99 Å². The van der Waals surface area contributed by atoms with Crippen LogP contribution >= 0.6 is 24.0 Å². The molecule has 92 valence electrons. The lowest BCUT2D eigenvalue weighted by molar-refractivity contribution is 0.309. The zero-order valence-corrected chi connectivity index (χ0v) is 11.8. The van der Waals surface area contributed by atoms with E-state index < -0.39 is 0 Å². The van der Waals surface area contributed by atoms with Gasteiger partial charge < -0.3 is 11.1 Å². The van der Waals surface area contributed by atoms with E-state index in [9.17, 15) is 0 Å².